The third-order valence-corrected chi connectivity index (χ3v) is 23.9. The van der Waals surface area contributed by atoms with Gasteiger partial charge in [-0.3, -0.25) is 0 Å². The highest BCUT2D eigenvalue weighted by molar-refractivity contribution is 5.78. The molecular formula is C126H150. The van der Waals surface area contributed by atoms with Crippen molar-refractivity contribution in [3.05, 3.63) is 246 Å². The summed E-state index contributed by atoms with van der Waals surface area (Å²) in [6, 6.07) is 51.9. The quantitative estimate of drug-likeness (QED) is 0.0263. The van der Waals surface area contributed by atoms with Crippen molar-refractivity contribution in [3.8, 4) is 142 Å². The maximum Gasteiger partial charge on any atom is 0.0595 e. The van der Waals surface area contributed by atoms with Crippen molar-refractivity contribution in [2.45, 2.75) is 388 Å². The van der Waals surface area contributed by atoms with Crippen LogP contribution in [0.4, 0.5) is 0 Å². The minimum absolute atomic E-state index is 0.474. The summed E-state index contributed by atoms with van der Waals surface area (Å²) in [7, 11) is 0. The lowest BCUT2D eigenvalue weighted by Crippen LogP contribution is -2.04. The van der Waals surface area contributed by atoms with Crippen LogP contribution in [0.2, 0.25) is 0 Å². The van der Waals surface area contributed by atoms with E-state index in [1.165, 1.54) is 342 Å². The number of unbranched alkanes of at least 4 members (excludes halogenated alkanes) is 42. The summed E-state index contributed by atoms with van der Waals surface area (Å²) in [5.41, 5.74) is 16.0. The first kappa shape index (κ1) is 102. The molecule has 0 aliphatic heterocycles. The summed E-state index contributed by atoms with van der Waals surface area (Å²) >= 11 is 0. The zero-order valence-electron chi connectivity index (χ0n) is 79.0. The van der Waals surface area contributed by atoms with E-state index in [0.29, 0.717) is 33.4 Å². The van der Waals surface area contributed by atoms with Gasteiger partial charge in [-0.15, -0.1) is 0 Å². The molecule has 0 atom stereocenters. The Morgan fingerprint density at radius 3 is 0.341 bits per heavy atom. The molecule has 0 aromatic heterocycles. The zero-order valence-corrected chi connectivity index (χ0v) is 79.0. The van der Waals surface area contributed by atoms with Gasteiger partial charge in [0.25, 0.3) is 0 Å². The fourth-order valence-corrected chi connectivity index (χ4v) is 16.0. The highest BCUT2D eigenvalue weighted by atomic mass is 14.2. The van der Waals surface area contributed by atoms with Crippen LogP contribution >= 0.6 is 0 Å². The molecule has 7 aromatic rings. The Labute approximate surface area is 770 Å². The predicted molar refractivity (Wildman–Crippen MR) is 546 cm³/mol. The van der Waals surface area contributed by atoms with Gasteiger partial charge in [0.2, 0.25) is 0 Å². The van der Waals surface area contributed by atoms with Crippen molar-refractivity contribution in [2.75, 3.05) is 0 Å². The lowest BCUT2D eigenvalue weighted by atomic mass is 9.86. The van der Waals surface area contributed by atoms with Crippen molar-refractivity contribution >= 4 is 0 Å². The Balaban J connectivity index is 1.42. The number of hydrogen-bond acceptors (Lipinski definition) is 0. The molecule has 0 radical (unpaired) electrons. The van der Waals surface area contributed by atoms with Crippen LogP contribution in [0.15, 0.2) is 146 Å². The highest BCUT2D eigenvalue weighted by Crippen LogP contribution is 2.28. The molecule has 0 nitrogen and oxygen atoms in total. The van der Waals surface area contributed by atoms with E-state index in [2.05, 4.69) is 329 Å². The van der Waals surface area contributed by atoms with Gasteiger partial charge < -0.3 is 0 Å². The van der Waals surface area contributed by atoms with Crippen LogP contribution in [-0.2, 0) is 38.5 Å². The molecule has 0 bridgehead atoms. The second kappa shape index (κ2) is 69.5. The SMILES string of the molecule is CCCCCCCCCCc1ccc(C#CC#Cc2c(C#CC#Cc3ccc(CCCCCCCCCC)cc3)c(C#CC#Cc3ccc(CCCCCCCCCC)cc3)c(C#CC#Cc3ccc(CCCCCCCCCC)cc3)c(C#CC#Cc3ccc(CCCCCCCCCC)cc3)c2C#CC#Cc2ccc(CCCCCCCCCC)cc2)cc1. The Morgan fingerprint density at radius 1 is 0.119 bits per heavy atom. The van der Waals surface area contributed by atoms with Gasteiger partial charge in [0.15, 0.2) is 0 Å². The Bertz CT molecular complexity index is 4190. The van der Waals surface area contributed by atoms with Crippen LogP contribution in [0, 0.1) is 142 Å². The van der Waals surface area contributed by atoms with Gasteiger partial charge in [-0.25, -0.2) is 0 Å². The molecule has 0 fully saturated rings. The topological polar surface area (TPSA) is 0 Å². The lowest BCUT2D eigenvalue weighted by Gasteiger charge is -2.11. The fourth-order valence-electron chi connectivity index (χ4n) is 16.0. The summed E-state index contributed by atoms with van der Waals surface area (Å²) in [5, 5.41) is 0. The monoisotopic (exact) mass is 1660 g/mol. The first-order chi connectivity index (χ1) is 62.4. The van der Waals surface area contributed by atoms with Gasteiger partial charge in [-0.05, 0) is 254 Å². The minimum Gasteiger partial charge on any atom is -0.0654 e. The zero-order chi connectivity index (χ0) is 88.5. The lowest BCUT2D eigenvalue weighted by molar-refractivity contribution is 0.575. The summed E-state index contributed by atoms with van der Waals surface area (Å²) in [6.45, 7) is 13.7. The smallest absolute Gasteiger partial charge is 0.0595 e. The third kappa shape index (κ3) is 46.5. The van der Waals surface area contributed by atoms with Crippen molar-refractivity contribution in [3.63, 3.8) is 0 Å². The number of hydrogen-bond donors (Lipinski definition) is 0. The first-order valence-electron chi connectivity index (χ1n) is 50.3. The Kier molecular flexibility index (Phi) is 56.4. The van der Waals surface area contributed by atoms with E-state index in [1.807, 2.05) is 0 Å². The van der Waals surface area contributed by atoms with E-state index in [1.54, 1.807) is 0 Å². The number of rotatable bonds is 54. The van der Waals surface area contributed by atoms with Crippen LogP contribution in [0.25, 0.3) is 0 Å². The van der Waals surface area contributed by atoms with Crippen LogP contribution in [0.5, 0.6) is 0 Å². The summed E-state index contributed by atoms with van der Waals surface area (Å²) in [6.07, 6.45) is 68.4. The van der Waals surface area contributed by atoms with Gasteiger partial charge >= 0.3 is 0 Å². The van der Waals surface area contributed by atoms with Crippen LogP contribution in [-0.4, -0.2) is 0 Å². The van der Waals surface area contributed by atoms with Crippen LogP contribution < -0.4 is 0 Å². The summed E-state index contributed by atoms with van der Waals surface area (Å²) in [5.74, 6) is 81.0. The molecule has 7 rings (SSSR count). The molecule has 0 saturated carbocycles. The molecule has 0 aliphatic rings. The molecule has 0 heteroatoms. The molecular weight excluding hydrogens is 1510 g/mol. The van der Waals surface area contributed by atoms with Crippen molar-refractivity contribution < 1.29 is 0 Å². The fraction of sp³-hybridized carbons (Fsp3) is 0.476. The molecule has 0 amide bonds. The number of benzene rings is 7. The summed E-state index contributed by atoms with van der Waals surface area (Å²) < 4.78 is 0. The van der Waals surface area contributed by atoms with Crippen molar-refractivity contribution in [1.29, 1.82) is 0 Å². The second-order valence-corrected chi connectivity index (χ2v) is 34.8. The Hall–Kier alpha value is -10.7. The minimum atomic E-state index is 0.474. The summed E-state index contributed by atoms with van der Waals surface area (Å²) in [4.78, 5) is 0. The predicted octanol–water partition coefficient (Wildman–Crippen LogP) is 32.2. The maximum absolute atomic E-state index is 3.55. The number of aryl methyl sites for hydroxylation is 6. The normalized spacial score (nSPS) is 10.1. The maximum atomic E-state index is 3.55. The molecule has 126 heavy (non-hydrogen) atoms. The van der Waals surface area contributed by atoms with Gasteiger partial charge in [0.1, 0.15) is 0 Å². The van der Waals surface area contributed by atoms with Crippen molar-refractivity contribution in [1.82, 2.24) is 0 Å². The molecule has 7 aromatic carbocycles. The van der Waals surface area contributed by atoms with Crippen LogP contribution in [0.3, 0.4) is 0 Å². The molecule has 0 aliphatic carbocycles. The standard InChI is InChI=1S/C126H150/c1-7-13-19-25-31-37-43-49-67-109-85-97-115(98-86-109)73-55-61-79-121-122(80-62-56-74-116-99-87-110(88-100-116)68-50-44-38-32-26-20-14-8-2)124(82-64-58-76-118-103-91-112(92-104-118)70-52-46-40-34-28-22-16-10-4)126(84-66-60-78-120-107-95-114(96-108-120)72-54-48-42-36-30-24-18-12-6)125(83-65-59-77-119-105-93-113(94-106-119)71-53-47-41-35-29-23-17-11-5)123(121)81-63-57-75-117-101-89-111(90-102-117)69-51-45-39-33-27-21-15-9-3/h85-108H,7-54,67-72H2,1-6H3. The average Bonchev–Trinajstić information content (AvgIpc) is 0.765. The molecule has 0 unspecified atom stereocenters. The average molecular weight is 1660 g/mol. The van der Waals surface area contributed by atoms with E-state index in [4.69, 9.17) is 0 Å². The van der Waals surface area contributed by atoms with E-state index in [0.717, 1.165) is 71.9 Å². The molecule has 0 N–H and O–H groups in total. The molecule has 0 spiro atoms. The van der Waals surface area contributed by atoms with Crippen LogP contribution in [0.1, 0.15) is 450 Å². The largest absolute Gasteiger partial charge is 0.0654 e. The van der Waals surface area contributed by atoms with E-state index in [-0.39, 0.29) is 0 Å². The van der Waals surface area contributed by atoms with Crippen molar-refractivity contribution in [2.24, 2.45) is 0 Å². The first-order valence-corrected chi connectivity index (χ1v) is 50.3. The van der Waals surface area contributed by atoms with Gasteiger partial charge in [-0.1, -0.05) is 455 Å². The molecule has 0 heterocycles. The van der Waals surface area contributed by atoms with Gasteiger partial charge in [0.05, 0.1) is 33.4 Å². The molecule has 654 valence electrons. The van der Waals surface area contributed by atoms with Gasteiger partial charge in [0, 0.05) is 33.4 Å². The van der Waals surface area contributed by atoms with E-state index < -0.39 is 0 Å². The molecule has 0 saturated heterocycles. The van der Waals surface area contributed by atoms with Gasteiger partial charge in [-0.2, -0.15) is 0 Å². The Morgan fingerprint density at radius 2 is 0.222 bits per heavy atom. The van der Waals surface area contributed by atoms with E-state index >= 15 is 0 Å². The van der Waals surface area contributed by atoms with E-state index in [9.17, 15) is 0 Å². The second-order valence-electron chi connectivity index (χ2n) is 34.8. The third-order valence-electron chi connectivity index (χ3n) is 23.9. The highest BCUT2D eigenvalue weighted by Gasteiger charge is 2.21.